The fourth-order valence-corrected chi connectivity index (χ4v) is 2.07. The highest BCUT2D eigenvalue weighted by atomic mass is 16.2. The van der Waals surface area contributed by atoms with Crippen molar-refractivity contribution in [2.24, 2.45) is 0 Å². The van der Waals surface area contributed by atoms with E-state index in [0.717, 1.165) is 11.4 Å². The number of hydrogen-bond acceptors (Lipinski definition) is 3. The summed E-state index contributed by atoms with van der Waals surface area (Å²) in [6.45, 7) is 1.88. The summed E-state index contributed by atoms with van der Waals surface area (Å²) in [5, 5.41) is 9.93. The molecule has 0 aliphatic rings. The molecule has 0 aliphatic carbocycles. The third-order valence-electron chi connectivity index (χ3n) is 2.99. The van der Waals surface area contributed by atoms with Crippen LogP contribution in [0, 0.1) is 6.92 Å². The normalized spacial score (nSPS) is 10.2. The number of nitrogens with one attached hydrogen (secondary N) is 2. The van der Waals surface area contributed by atoms with Gasteiger partial charge in [0.1, 0.15) is 5.82 Å². The first-order valence-corrected chi connectivity index (χ1v) is 6.82. The number of carbonyl (C=O) groups is 1. The SMILES string of the molecule is Cc1cc(NC(=O)Nc2cccnc2)n(-c2ccccc2)n1. The minimum Gasteiger partial charge on any atom is -0.306 e. The Labute approximate surface area is 127 Å². The molecule has 6 heteroatoms. The highest BCUT2D eigenvalue weighted by molar-refractivity contribution is 5.99. The Balaban J connectivity index is 1.79. The van der Waals surface area contributed by atoms with Crippen LogP contribution in [0.3, 0.4) is 0 Å². The van der Waals surface area contributed by atoms with Crippen molar-refractivity contribution in [2.45, 2.75) is 6.92 Å². The van der Waals surface area contributed by atoms with Gasteiger partial charge in [-0.15, -0.1) is 0 Å². The molecule has 2 N–H and O–H groups in total. The van der Waals surface area contributed by atoms with Gasteiger partial charge in [-0.25, -0.2) is 9.48 Å². The smallest absolute Gasteiger partial charge is 0.306 e. The average Bonchev–Trinajstić information content (AvgIpc) is 2.89. The van der Waals surface area contributed by atoms with Crippen molar-refractivity contribution >= 4 is 17.5 Å². The first kappa shape index (κ1) is 13.8. The first-order valence-electron chi connectivity index (χ1n) is 6.82. The lowest BCUT2D eigenvalue weighted by atomic mass is 10.3. The number of anilines is 2. The quantitative estimate of drug-likeness (QED) is 0.778. The van der Waals surface area contributed by atoms with Crippen LogP contribution in [-0.4, -0.2) is 20.8 Å². The number of benzene rings is 1. The van der Waals surface area contributed by atoms with Gasteiger partial charge >= 0.3 is 6.03 Å². The van der Waals surface area contributed by atoms with Crippen LogP contribution in [0.4, 0.5) is 16.3 Å². The van der Waals surface area contributed by atoms with Crippen LogP contribution in [0.25, 0.3) is 5.69 Å². The molecule has 0 radical (unpaired) electrons. The lowest BCUT2D eigenvalue weighted by Gasteiger charge is -2.09. The number of amides is 2. The standard InChI is InChI=1S/C16H15N5O/c1-12-10-15(21(20-12)14-7-3-2-4-8-14)19-16(22)18-13-6-5-9-17-11-13/h2-11H,1H3,(H2,18,19,22). The number of aromatic nitrogens is 3. The second-order valence-corrected chi connectivity index (χ2v) is 4.74. The topological polar surface area (TPSA) is 71.8 Å². The molecule has 22 heavy (non-hydrogen) atoms. The molecule has 0 unspecified atom stereocenters. The molecular formula is C16H15N5O. The number of pyridine rings is 1. The lowest BCUT2D eigenvalue weighted by Crippen LogP contribution is -2.21. The van der Waals surface area contributed by atoms with E-state index in [1.165, 1.54) is 0 Å². The van der Waals surface area contributed by atoms with E-state index in [0.29, 0.717) is 11.5 Å². The second-order valence-electron chi connectivity index (χ2n) is 4.74. The minimum absolute atomic E-state index is 0.343. The van der Waals surface area contributed by atoms with Crippen molar-refractivity contribution in [1.82, 2.24) is 14.8 Å². The number of rotatable bonds is 3. The predicted molar refractivity (Wildman–Crippen MR) is 85.2 cm³/mol. The molecule has 6 nitrogen and oxygen atoms in total. The van der Waals surface area contributed by atoms with E-state index in [9.17, 15) is 4.79 Å². The molecule has 2 aromatic heterocycles. The Hall–Kier alpha value is -3.15. The Morgan fingerprint density at radius 1 is 1.09 bits per heavy atom. The summed E-state index contributed by atoms with van der Waals surface area (Å²) < 4.78 is 1.69. The van der Waals surface area contributed by atoms with E-state index < -0.39 is 0 Å². The maximum atomic E-state index is 12.1. The molecule has 3 aromatic rings. The van der Waals surface area contributed by atoms with Crippen molar-refractivity contribution in [2.75, 3.05) is 10.6 Å². The van der Waals surface area contributed by atoms with Gasteiger partial charge in [0.05, 0.1) is 23.3 Å². The first-order chi connectivity index (χ1) is 10.7. The van der Waals surface area contributed by atoms with E-state index in [1.54, 1.807) is 29.2 Å². The van der Waals surface area contributed by atoms with Gasteiger partial charge in [0.25, 0.3) is 0 Å². The molecule has 1 aromatic carbocycles. The Morgan fingerprint density at radius 3 is 2.64 bits per heavy atom. The van der Waals surface area contributed by atoms with Crippen LogP contribution in [0.1, 0.15) is 5.69 Å². The lowest BCUT2D eigenvalue weighted by molar-refractivity contribution is 0.262. The summed E-state index contributed by atoms with van der Waals surface area (Å²) in [4.78, 5) is 16.0. The molecule has 3 rings (SSSR count). The maximum absolute atomic E-state index is 12.1. The molecular weight excluding hydrogens is 278 g/mol. The molecule has 0 aliphatic heterocycles. The minimum atomic E-state index is -0.343. The van der Waals surface area contributed by atoms with E-state index in [2.05, 4.69) is 20.7 Å². The number of para-hydroxylation sites is 1. The van der Waals surface area contributed by atoms with Gasteiger partial charge in [-0.1, -0.05) is 18.2 Å². The van der Waals surface area contributed by atoms with E-state index in [-0.39, 0.29) is 6.03 Å². The van der Waals surface area contributed by atoms with Gasteiger partial charge in [0.2, 0.25) is 0 Å². The predicted octanol–water partition coefficient (Wildman–Crippen LogP) is 3.22. The van der Waals surface area contributed by atoms with Gasteiger partial charge in [-0.3, -0.25) is 10.3 Å². The van der Waals surface area contributed by atoms with Crippen molar-refractivity contribution in [3.8, 4) is 5.69 Å². The highest BCUT2D eigenvalue weighted by Crippen LogP contribution is 2.17. The van der Waals surface area contributed by atoms with Crippen molar-refractivity contribution in [1.29, 1.82) is 0 Å². The fraction of sp³-hybridized carbons (Fsp3) is 0.0625. The Bertz CT molecular complexity index is 768. The molecule has 0 saturated carbocycles. The average molecular weight is 293 g/mol. The van der Waals surface area contributed by atoms with Crippen molar-refractivity contribution in [3.63, 3.8) is 0 Å². The van der Waals surface area contributed by atoms with Crippen molar-refractivity contribution < 1.29 is 4.79 Å². The monoisotopic (exact) mass is 293 g/mol. The van der Waals surface area contributed by atoms with Gasteiger partial charge in [0.15, 0.2) is 0 Å². The van der Waals surface area contributed by atoms with Gasteiger partial charge in [0, 0.05) is 12.3 Å². The molecule has 2 amide bonds. The summed E-state index contributed by atoms with van der Waals surface area (Å²) in [6, 6.07) is 14.6. The molecule has 0 bridgehead atoms. The molecule has 0 saturated heterocycles. The summed E-state index contributed by atoms with van der Waals surface area (Å²) in [7, 11) is 0. The third kappa shape index (κ3) is 3.12. The summed E-state index contributed by atoms with van der Waals surface area (Å²) in [6.07, 6.45) is 3.23. The van der Waals surface area contributed by atoms with Crippen LogP contribution >= 0.6 is 0 Å². The highest BCUT2D eigenvalue weighted by Gasteiger charge is 2.10. The molecule has 2 heterocycles. The summed E-state index contributed by atoms with van der Waals surface area (Å²) in [5.41, 5.74) is 2.33. The zero-order valence-corrected chi connectivity index (χ0v) is 12.0. The van der Waals surface area contributed by atoms with Crippen molar-refractivity contribution in [3.05, 3.63) is 66.6 Å². The van der Waals surface area contributed by atoms with Gasteiger partial charge in [-0.2, -0.15) is 5.10 Å². The molecule has 0 spiro atoms. The van der Waals surface area contributed by atoms with Crippen LogP contribution < -0.4 is 10.6 Å². The number of carbonyl (C=O) groups excluding carboxylic acids is 1. The number of aryl methyl sites for hydroxylation is 1. The number of hydrogen-bond donors (Lipinski definition) is 2. The third-order valence-corrected chi connectivity index (χ3v) is 2.99. The summed E-state index contributed by atoms with van der Waals surface area (Å²) in [5.74, 6) is 0.602. The molecule has 0 atom stereocenters. The number of nitrogens with zero attached hydrogens (tertiary/aromatic N) is 3. The Morgan fingerprint density at radius 2 is 1.91 bits per heavy atom. The molecule has 110 valence electrons. The zero-order valence-electron chi connectivity index (χ0n) is 12.0. The molecule has 0 fully saturated rings. The number of urea groups is 1. The van der Waals surface area contributed by atoms with E-state index >= 15 is 0 Å². The van der Waals surface area contributed by atoms with E-state index in [1.807, 2.05) is 43.3 Å². The van der Waals surface area contributed by atoms with Crippen LogP contribution in [0.15, 0.2) is 60.9 Å². The maximum Gasteiger partial charge on any atom is 0.324 e. The largest absolute Gasteiger partial charge is 0.324 e. The van der Waals surface area contributed by atoms with Crippen LogP contribution in [0.2, 0.25) is 0 Å². The summed E-state index contributed by atoms with van der Waals surface area (Å²) >= 11 is 0. The van der Waals surface area contributed by atoms with Gasteiger partial charge < -0.3 is 5.32 Å². The Kier molecular flexibility index (Phi) is 3.82. The van der Waals surface area contributed by atoms with E-state index in [4.69, 9.17) is 0 Å². The van der Waals surface area contributed by atoms with Crippen LogP contribution in [0.5, 0.6) is 0 Å². The second kappa shape index (κ2) is 6.09. The zero-order chi connectivity index (χ0) is 15.4. The fourth-order valence-electron chi connectivity index (χ4n) is 2.07. The van der Waals surface area contributed by atoms with Crippen LogP contribution in [-0.2, 0) is 0 Å². The van der Waals surface area contributed by atoms with Gasteiger partial charge in [-0.05, 0) is 31.2 Å².